The molecule has 0 aliphatic carbocycles. The number of likely N-dealkylation sites (tertiary alicyclic amines) is 2. The van der Waals surface area contributed by atoms with E-state index in [0.717, 1.165) is 0 Å². The SMILES string of the molecule is COc1ccc(CN2CCC3(CC2)CC(O)CN(C)C3=O)c(C(=O)O)c1OC.O=CO. The van der Waals surface area contributed by atoms with Crippen molar-refractivity contribution in [2.45, 2.75) is 31.9 Å². The maximum Gasteiger partial charge on any atom is 0.339 e. The van der Waals surface area contributed by atoms with Gasteiger partial charge in [-0.15, -0.1) is 0 Å². The number of aliphatic hydroxyl groups is 1. The minimum atomic E-state index is -1.06. The summed E-state index contributed by atoms with van der Waals surface area (Å²) in [5, 5.41) is 26.7. The van der Waals surface area contributed by atoms with Crippen LogP contribution >= 0.6 is 0 Å². The molecule has 1 amide bonds. The third kappa shape index (κ3) is 5.26. The number of amides is 1. The predicted molar refractivity (Wildman–Crippen MR) is 110 cm³/mol. The summed E-state index contributed by atoms with van der Waals surface area (Å²) in [5.41, 5.74) is 0.245. The number of piperidine rings is 2. The van der Waals surface area contributed by atoms with Crippen LogP contribution in [-0.2, 0) is 16.1 Å². The highest BCUT2D eigenvalue weighted by Gasteiger charge is 2.47. The van der Waals surface area contributed by atoms with Crippen LogP contribution < -0.4 is 9.47 Å². The Morgan fingerprint density at radius 3 is 2.39 bits per heavy atom. The first-order chi connectivity index (χ1) is 14.7. The molecule has 0 bridgehead atoms. The van der Waals surface area contributed by atoms with E-state index in [1.807, 2.05) is 0 Å². The summed E-state index contributed by atoms with van der Waals surface area (Å²) in [6.45, 7) is 1.92. The van der Waals surface area contributed by atoms with E-state index >= 15 is 0 Å². The summed E-state index contributed by atoms with van der Waals surface area (Å²) in [4.78, 5) is 36.7. The lowest BCUT2D eigenvalue weighted by Gasteiger charge is -2.47. The van der Waals surface area contributed by atoms with Crippen LogP contribution in [0.4, 0.5) is 0 Å². The second-order valence-corrected chi connectivity index (χ2v) is 7.85. The highest BCUT2D eigenvalue weighted by Crippen LogP contribution is 2.41. The van der Waals surface area contributed by atoms with E-state index in [1.54, 1.807) is 24.1 Å². The molecule has 1 atom stereocenters. The molecule has 172 valence electrons. The Morgan fingerprint density at radius 2 is 1.87 bits per heavy atom. The van der Waals surface area contributed by atoms with Crippen LogP contribution in [0, 0.1) is 5.41 Å². The van der Waals surface area contributed by atoms with Gasteiger partial charge in [0.05, 0.1) is 25.7 Å². The summed E-state index contributed by atoms with van der Waals surface area (Å²) in [6.07, 6.45) is 1.32. The molecule has 31 heavy (non-hydrogen) atoms. The molecule has 1 aromatic rings. The molecule has 10 nitrogen and oxygen atoms in total. The Morgan fingerprint density at radius 1 is 1.26 bits per heavy atom. The van der Waals surface area contributed by atoms with E-state index in [-0.39, 0.29) is 23.7 Å². The Labute approximate surface area is 181 Å². The minimum Gasteiger partial charge on any atom is -0.493 e. The number of carboxylic acids is 1. The average Bonchev–Trinajstić information content (AvgIpc) is 2.73. The number of benzene rings is 1. The Kier molecular flexibility index (Phi) is 8.23. The van der Waals surface area contributed by atoms with Crippen LogP contribution in [0.25, 0.3) is 0 Å². The Bertz CT molecular complexity index is 805. The van der Waals surface area contributed by atoms with E-state index in [4.69, 9.17) is 19.4 Å². The van der Waals surface area contributed by atoms with Crippen molar-refractivity contribution < 1.29 is 39.2 Å². The number of carboxylic acid groups (broad SMARTS) is 2. The fourth-order valence-electron chi connectivity index (χ4n) is 4.54. The molecule has 2 saturated heterocycles. The van der Waals surface area contributed by atoms with Crippen LogP contribution in [0.2, 0.25) is 0 Å². The highest BCUT2D eigenvalue weighted by atomic mass is 16.5. The molecule has 3 rings (SSSR count). The number of likely N-dealkylation sites (N-methyl/N-ethyl adjacent to an activating group) is 1. The van der Waals surface area contributed by atoms with E-state index in [1.165, 1.54) is 14.2 Å². The van der Waals surface area contributed by atoms with Crippen molar-refractivity contribution in [1.82, 2.24) is 9.80 Å². The summed E-state index contributed by atoms with van der Waals surface area (Å²) < 4.78 is 10.5. The van der Waals surface area contributed by atoms with Gasteiger partial charge >= 0.3 is 5.97 Å². The topological polar surface area (TPSA) is 137 Å². The van der Waals surface area contributed by atoms with Gasteiger partial charge in [-0.1, -0.05) is 6.07 Å². The van der Waals surface area contributed by atoms with E-state index < -0.39 is 17.5 Å². The molecule has 2 aliphatic rings. The largest absolute Gasteiger partial charge is 0.493 e. The lowest BCUT2D eigenvalue weighted by Crippen LogP contribution is -2.56. The summed E-state index contributed by atoms with van der Waals surface area (Å²) in [5.74, 6) is -0.361. The number of aromatic carboxylic acids is 1. The van der Waals surface area contributed by atoms with Gasteiger partial charge in [-0.05, 0) is 44.0 Å². The van der Waals surface area contributed by atoms with Gasteiger partial charge in [-0.25, -0.2) is 4.79 Å². The molecule has 2 fully saturated rings. The number of ether oxygens (including phenoxy) is 2. The molecule has 10 heteroatoms. The summed E-state index contributed by atoms with van der Waals surface area (Å²) in [6, 6.07) is 3.46. The van der Waals surface area contributed by atoms with Gasteiger partial charge in [-0.3, -0.25) is 14.5 Å². The minimum absolute atomic E-state index is 0.103. The van der Waals surface area contributed by atoms with E-state index in [9.17, 15) is 19.8 Å². The first-order valence-electron chi connectivity index (χ1n) is 9.94. The lowest BCUT2D eigenvalue weighted by atomic mass is 9.71. The molecule has 1 unspecified atom stereocenters. The molecule has 1 spiro atoms. The molecule has 2 heterocycles. The van der Waals surface area contributed by atoms with Gasteiger partial charge in [0.1, 0.15) is 5.56 Å². The van der Waals surface area contributed by atoms with Crippen LogP contribution in [0.3, 0.4) is 0 Å². The summed E-state index contributed by atoms with van der Waals surface area (Å²) in [7, 11) is 4.64. The number of hydrogen-bond acceptors (Lipinski definition) is 7. The van der Waals surface area contributed by atoms with Crippen LogP contribution in [0.15, 0.2) is 12.1 Å². The highest BCUT2D eigenvalue weighted by molar-refractivity contribution is 5.94. The van der Waals surface area contributed by atoms with Crippen molar-refractivity contribution in [2.75, 3.05) is 40.9 Å². The lowest BCUT2D eigenvalue weighted by molar-refractivity contribution is -0.154. The van der Waals surface area contributed by atoms with Gasteiger partial charge < -0.3 is 29.7 Å². The monoisotopic (exact) mass is 438 g/mol. The average molecular weight is 438 g/mol. The number of aliphatic hydroxyl groups excluding tert-OH is 1. The first-order valence-corrected chi connectivity index (χ1v) is 9.94. The van der Waals surface area contributed by atoms with Gasteiger partial charge in [0, 0.05) is 20.1 Å². The molecular formula is C21H30N2O8. The van der Waals surface area contributed by atoms with Gasteiger partial charge in [0.25, 0.3) is 6.47 Å². The van der Waals surface area contributed by atoms with Crippen molar-refractivity contribution in [3.05, 3.63) is 23.3 Å². The first kappa shape index (κ1) is 24.4. The van der Waals surface area contributed by atoms with Crippen molar-refractivity contribution in [1.29, 1.82) is 0 Å². The number of methoxy groups -OCH3 is 2. The number of hydrogen-bond donors (Lipinski definition) is 3. The second kappa shape index (κ2) is 10.5. The molecule has 3 N–H and O–H groups in total. The smallest absolute Gasteiger partial charge is 0.339 e. The molecular weight excluding hydrogens is 408 g/mol. The standard InChI is InChI=1S/C20H28N2O6.CH2O2/c1-21-12-14(23)10-20(19(21)26)6-8-22(9-7-20)11-13-4-5-15(27-2)17(28-3)16(13)18(24)25;2-1-3/h4-5,14,23H,6-12H2,1-3H3,(H,24,25);1H,(H,2,3). The fraction of sp³-hybridized carbons (Fsp3) is 0.571. The van der Waals surface area contributed by atoms with Crippen LogP contribution in [0.1, 0.15) is 35.2 Å². The van der Waals surface area contributed by atoms with Crippen LogP contribution in [0.5, 0.6) is 11.5 Å². The third-order valence-corrected chi connectivity index (χ3v) is 5.96. The van der Waals surface area contributed by atoms with Crippen LogP contribution in [-0.4, -0.2) is 90.5 Å². The number of carbonyl (C=O) groups excluding carboxylic acids is 1. The second-order valence-electron chi connectivity index (χ2n) is 7.85. The quantitative estimate of drug-likeness (QED) is 0.573. The number of carbonyl (C=O) groups is 3. The predicted octanol–water partition coefficient (Wildman–Crippen LogP) is 0.908. The zero-order chi connectivity index (χ0) is 23.2. The third-order valence-electron chi connectivity index (χ3n) is 5.96. The van der Waals surface area contributed by atoms with Gasteiger partial charge in [0.15, 0.2) is 11.5 Å². The molecule has 0 saturated carbocycles. The number of rotatable bonds is 5. The zero-order valence-corrected chi connectivity index (χ0v) is 18.0. The summed E-state index contributed by atoms with van der Waals surface area (Å²) >= 11 is 0. The Hall–Kier alpha value is -2.85. The Balaban J connectivity index is 0.00000107. The molecule has 0 aromatic heterocycles. The van der Waals surface area contributed by atoms with Crippen molar-refractivity contribution >= 4 is 18.3 Å². The number of β-amino-alcohol motifs (C(OH)–C–C–N with tert-alkyl or cyclic N) is 1. The molecule has 1 aromatic carbocycles. The van der Waals surface area contributed by atoms with Crippen molar-refractivity contribution in [2.24, 2.45) is 5.41 Å². The van der Waals surface area contributed by atoms with Gasteiger partial charge in [0.2, 0.25) is 5.91 Å². The molecule has 0 radical (unpaired) electrons. The maximum atomic E-state index is 12.7. The van der Waals surface area contributed by atoms with Gasteiger partial charge in [-0.2, -0.15) is 0 Å². The zero-order valence-electron chi connectivity index (χ0n) is 18.0. The van der Waals surface area contributed by atoms with Crippen molar-refractivity contribution in [3.8, 4) is 11.5 Å². The van der Waals surface area contributed by atoms with Crippen molar-refractivity contribution in [3.63, 3.8) is 0 Å². The van der Waals surface area contributed by atoms with E-state index in [0.29, 0.717) is 56.8 Å². The molecule has 2 aliphatic heterocycles. The maximum absolute atomic E-state index is 12.7. The number of nitrogens with zero attached hydrogens (tertiary/aromatic N) is 2. The fourth-order valence-corrected chi connectivity index (χ4v) is 4.54. The van der Waals surface area contributed by atoms with E-state index in [2.05, 4.69) is 4.90 Å². The normalized spacial score (nSPS) is 20.6.